The number of thioether (sulfide) groups is 1. The van der Waals surface area contributed by atoms with Crippen LogP contribution in [0.5, 0.6) is 0 Å². The lowest BCUT2D eigenvalue weighted by Gasteiger charge is -2.04. The molecule has 0 amide bonds. The summed E-state index contributed by atoms with van der Waals surface area (Å²) in [5.74, 6) is 0.537. The molecule has 0 fully saturated rings. The topological polar surface area (TPSA) is 49.9 Å². The average molecular weight is 226 g/mol. The van der Waals surface area contributed by atoms with Gasteiger partial charge in [-0.05, 0) is 30.4 Å². The minimum atomic E-state index is -0.288. The summed E-state index contributed by atoms with van der Waals surface area (Å²) in [4.78, 5) is 0.633. The van der Waals surface area contributed by atoms with Crippen molar-refractivity contribution in [2.45, 2.75) is 24.7 Å². The quantitative estimate of drug-likeness (QED) is 0.351. The maximum Gasteiger partial charge on any atom is 0.137 e. The molecule has 0 atom stereocenters. The highest BCUT2D eigenvalue weighted by atomic mass is 32.2. The Balaban J connectivity index is 2.70. The maximum absolute atomic E-state index is 13.5. The molecular weight excluding hydrogens is 211 g/mol. The highest BCUT2D eigenvalue weighted by molar-refractivity contribution is 7.99. The highest BCUT2D eigenvalue weighted by Crippen LogP contribution is 2.23. The van der Waals surface area contributed by atoms with E-state index in [1.165, 1.54) is 17.8 Å². The number of hydrogen-bond donors (Lipinski definition) is 2. The molecule has 0 unspecified atom stereocenters. The van der Waals surface area contributed by atoms with E-state index in [0.29, 0.717) is 10.5 Å². The normalized spacial score (nSPS) is 10.3. The molecule has 0 aliphatic rings. The number of nitrogens with one attached hydrogen (secondary N) is 1. The molecule has 0 radical (unpaired) electrons. The fourth-order valence-electron chi connectivity index (χ4n) is 1.11. The first-order chi connectivity index (χ1) is 7.15. The van der Waals surface area contributed by atoms with Crippen LogP contribution in [0.3, 0.4) is 0 Å². The SMILES string of the molecule is CCCCSc1ccc(C(=N)N)cc1F. The summed E-state index contributed by atoms with van der Waals surface area (Å²) >= 11 is 1.51. The van der Waals surface area contributed by atoms with Crippen molar-refractivity contribution in [2.75, 3.05) is 5.75 Å². The van der Waals surface area contributed by atoms with Gasteiger partial charge in [0.25, 0.3) is 0 Å². The fraction of sp³-hybridized carbons (Fsp3) is 0.364. The van der Waals surface area contributed by atoms with Gasteiger partial charge in [0.05, 0.1) is 0 Å². The lowest BCUT2D eigenvalue weighted by atomic mass is 10.2. The maximum atomic E-state index is 13.5. The van der Waals surface area contributed by atoms with Gasteiger partial charge in [0, 0.05) is 10.5 Å². The zero-order valence-corrected chi connectivity index (χ0v) is 9.53. The Kier molecular flexibility index (Phi) is 4.62. The molecular formula is C11H15FN2S. The molecule has 2 nitrogen and oxygen atoms in total. The molecule has 0 spiro atoms. The Hall–Kier alpha value is -1.03. The number of amidine groups is 1. The van der Waals surface area contributed by atoms with Gasteiger partial charge in [-0.3, -0.25) is 5.41 Å². The van der Waals surface area contributed by atoms with Crippen molar-refractivity contribution in [1.29, 1.82) is 5.41 Å². The molecule has 0 saturated carbocycles. The third kappa shape index (κ3) is 3.55. The van der Waals surface area contributed by atoms with E-state index in [4.69, 9.17) is 11.1 Å². The summed E-state index contributed by atoms with van der Waals surface area (Å²) in [6, 6.07) is 4.68. The number of unbranched alkanes of at least 4 members (excludes halogenated alkanes) is 1. The van der Waals surface area contributed by atoms with Crippen molar-refractivity contribution in [3.8, 4) is 0 Å². The summed E-state index contributed by atoms with van der Waals surface area (Å²) in [6.45, 7) is 2.11. The molecule has 1 rings (SSSR count). The molecule has 0 bridgehead atoms. The zero-order chi connectivity index (χ0) is 11.3. The third-order valence-electron chi connectivity index (χ3n) is 2.00. The predicted octanol–water partition coefficient (Wildman–Crippen LogP) is 3.00. The second kappa shape index (κ2) is 5.75. The van der Waals surface area contributed by atoms with E-state index in [1.54, 1.807) is 12.1 Å². The molecule has 1 aromatic rings. The predicted molar refractivity (Wildman–Crippen MR) is 63.0 cm³/mol. The molecule has 82 valence electrons. The number of nitrogen functional groups attached to an aromatic ring is 1. The van der Waals surface area contributed by atoms with Crippen molar-refractivity contribution < 1.29 is 4.39 Å². The summed E-state index contributed by atoms with van der Waals surface area (Å²) in [7, 11) is 0. The van der Waals surface area contributed by atoms with Crippen LogP contribution < -0.4 is 5.73 Å². The van der Waals surface area contributed by atoms with Crippen LogP contribution in [0.25, 0.3) is 0 Å². The molecule has 15 heavy (non-hydrogen) atoms. The van der Waals surface area contributed by atoms with Gasteiger partial charge in [0.15, 0.2) is 0 Å². The van der Waals surface area contributed by atoms with Gasteiger partial charge in [-0.15, -0.1) is 11.8 Å². The Morgan fingerprint density at radius 2 is 2.27 bits per heavy atom. The van der Waals surface area contributed by atoms with Crippen LogP contribution >= 0.6 is 11.8 Å². The Morgan fingerprint density at radius 1 is 1.53 bits per heavy atom. The minimum absolute atomic E-state index is 0.0981. The second-order valence-corrected chi connectivity index (χ2v) is 4.40. The van der Waals surface area contributed by atoms with Crippen LogP contribution in [0.2, 0.25) is 0 Å². The van der Waals surface area contributed by atoms with Crippen LogP contribution in [-0.2, 0) is 0 Å². The van der Waals surface area contributed by atoms with Gasteiger partial charge in [-0.2, -0.15) is 0 Å². The van der Waals surface area contributed by atoms with Gasteiger partial charge in [-0.25, -0.2) is 4.39 Å². The van der Waals surface area contributed by atoms with Gasteiger partial charge in [0.1, 0.15) is 11.7 Å². The summed E-state index contributed by atoms with van der Waals surface area (Å²) in [5.41, 5.74) is 5.70. The Labute approximate surface area is 93.6 Å². The van der Waals surface area contributed by atoms with Gasteiger partial charge in [0.2, 0.25) is 0 Å². The Bertz CT molecular complexity index is 352. The van der Waals surface area contributed by atoms with Gasteiger partial charge < -0.3 is 5.73 Å². The number of nitrogens with two attached hydrogens (primary N) is 1. The molecule has 0 aromatic heterocycles. The van der Waals surface area contributed by atoms with E-state index < -0.39 is 0 Å². The zero-order valence-electron chi connectivity index (χ0n) is 8.72. The van der Waals surface area contributed by atoms with Gasteiger partial charge in [-0.1, -0.05) is 13.3 Å². The van der Waals surface area contributed by atoms with Crippen molar-refractivity contribution in [2.24, 2.45) is 5.73 Å². The smallest absolute Gasteiger partial charge is 0.137 e. The van der Waals surface area contributed by atoms with E-state index in [2.05, 4.69) is 6.92 Å². The van der Waals surface area contributed by atoms with E-state index in [0.717, 1.165) is 18.6 Å². The summed E-state index contributed by atoms with van der Waals surface area (Å²) in [5, 5.41) is 7.17. The third-order valence-corrected chi connectivity index (χ3v) is 3.13. The van der Waals surface area contributed by atoms with E-state index >= 15 is 0 Å². The molecule has 4 heteroatoms. The van der Waals surface area contributed by atoms with Crippen LogP contribution in [0.1, 0.15) is 25.3 Å². The van der Waals surface area contributed by atoms with Crippen LogP contribution in [0, 0.1) is 11.2 Å². The van der Waals surface area contributed by atoms with Crippen molar-refractivity contribution in [1.82, 2.24) is 0 Å². The van der Waals surface area contributed by atoms with Crippen LogP contribution in [-0.4, -0.2) is 11.6 Å². The van der Waals surface area contributed by atoms with Crippen molar-refractivity contribution in [3.05, 3.63) is 29.6 Å². The fourth-order valence-corrected chi connectivity index (χ4v) is 2.13. The lowest BCUT2D eigenvalue weighted by Crippen LogP contribution is -2.11. The molecule has 1 aromatic carbocycles. The standard InChI is InChI=1S/C11H15FN2S/c1-2-3-6-15-10-5-4-8(11(13)14)7-9(10)12/h4-5,7H,2-3,6H2,1H3,(H3,13,14). The Morgan fingerprint density at radius 3 is 2.80 bits per heavy atom. The summed E-state index contributed by atoms with van der Waals surface area (Å²) in [6.07, 6.45) is 2.19. The number of benzene rings is 1. The second-order valence-electron chi connectivity index (χ2n) is 3.26. The number of rotatable bonds is 5. The molecule has 0 saturated heterocycles. The number of hydrogen-bond acceptors (Lipinski definition) is 2. The van der Waals surface area contributed by atoms with Gasteiger partial charge >= 0.3 is 0 Å². The van der Waals surface area contributed by atoms with Crippen LogP contribution in [0.15, 0.2) is 23.1 Å². The van der Waals surface area contributed by atoms with Crippen molar-refractivity contribution in [3.63, 3.8) is 0 Å². The van der Waals surface area contributed by atoms with Crippen LogP contribution in [0.4, 0.5) is 4.39 Å². The molecule has 0 aliphatic heterocycles. The highest BCUT2D eigenvalue weighted by Gasteiger charge is 2.05. The first-order valence-corrected chi connectivity index (χ1v) is 5.90. The first-order valence-electron chi connectivity index (χ1n) is 4.92. The largest absolute Gasteiger partial charge is 0.384 e. The monoisotopic (exact) mass is 226 g/mol. The minimum Gasteiger partial charge on any atom is -0.384 e. The number of halogens is 1. The lowest BCUT2D eigenvalue weighted by molar-refractivity contribution is 0.601. The van der Waals surface area contributed by atoms with E-state index in [-0.39, 0.29) is 11.7 Å². The van der Waals surface area contributed by atoms with Crippen molar-refractivity contribution >= 4 is 17.6 Å². The van der Waals surface area contributed by atoms with E-state index in [1.807, 2.05) is 0 Å². The molecule has 3 N–H and O–H groups in total. The average Bonchev–Trinajstić information content (AvgIpc) is 2.20. The first kappa shape index (κ1) is 12.0. The summed E-state index contributed by atoms with van der Waals surface area (Å²) < 4.78 is 13.5. The van der Waals surface area contributed by atoms with E-state index in [9.17, 15) is 4.39 Å². The molecule has 0 aliphatic carbocycles. The molecule has 0 heterocycles.